The van der Waals surface area contributed by atoms with Crippen molar-refractivity contribution in [2.24, 2.45) is 0 Å². The summed E-state index contributed by atoms with van der Waals surface area (Å²) in [5.41, 5.74) is -0.887. The monoisotopic (exact) mass is 306 g/mol. The fourth-order valence-corrected chi connectivity index (χ4v) is 1.19. The summed E-state index contributed by atoms with van der Waals surface area (Å²) in [5, 5.41) is 0. The maximum Gasteiger partial charge on any atom is 0.370 e. The Morgan fingerprint density at radius 3 is 2.53 bits per heavy atom. The van der Waals surface area contributed by atoms with E-state index in [1.807, 2.05) is 6.92 Å². The highest BCUT2D eigenvalue weighted by Gasteiger charge is 2.40. The lowest BCUT2D eigenvalue weighted by Gasteiger charge is -2.34. The van der Waals surface area contributed by atoms with Crippen LogP contribution in [0.2, 0.25) is 0 Å². The highest BCUT2D eigenvalue weighted by molar-refractivity contribution is 9.10. The molecule has 0 amide bonds. The summed E-state index contributed by atoms with van der Waals surface area (Å²) in [6, 6.07) is 0. The zero-order chi connectivity index (χ0) is 13.1. The molecule has 0 spiro atoms. The number of carbonyl (C=O) groups excluding carboxylic acids is 2. The number of alkyl halides is 1. The number of carbonyl (C=O) groups is 1. The van der Waals surface area contributed by atoms with Gasteiger partial charge in [0.25, 0.3) is 0 Å². The zero-order valence-electron chi connectivity index (χ0n) is 10.0. The van der Waals surface area contributed by atoms with Crippen molar-refractivity contribution in [3.05, 3.63) is 5.95 Å². The van der Waals surface area contributed by atoms with Crippen LogP contribution in [0, 0.1) is 0 Å². The molecule has 0 aliphatic carbocycles. The third-order valence-electron chi connectivity index (χ3n) is 2.53. The van der Waals surface area contributed by atoms with Crippen LogP contribution in [0.1, 0.15) is 27.2 Å². The zero-order valence-corrected chi connectivity index (χ0v) is 11.6. The summed E-state index contributed by atoms with van der Waals surface area (Å²) in [6.45, 7) is 5.46. The van der Waals surface area contributed by atoms with Crippen LogP contribution in [-0.2, 0) is 23.8 Å². The number of ether oxygens (including phenoxy) is 3. The topological polar surface area (TPSA) is 61.8 Å². The van der Waals surface area contributed by atoms with Gasteiger partial charge in [0.15, 0.2) is 5.60 Å². The number of hydrogen-bond donors (Lipinski definition) is 0. The molecule has 1 aliphatic rings. The predicted molar refractivity (Wildman–Crippen MR) is 63.2 cm³/mol. The molecular formula is C11H15BrO5. The van der Waals surface area contributed by atoms with Gasteiger partial charge in [-0.15, -0.1) is 0 Å². The Bertz CT molecular complexity index is 347. The minimum Gasteiger partial charge on any atom is -0.453 e. The van der Waals surface area contributed by atoms with Crippen molar-refractivity contribution in [1.29, 1.82) is 0 Å². The molecule has 1 aliphatic heterocycles. The van der Waals surface area contributed by atoms with Gasteiger partial charge in [-0.3, -0.25) is 4.79 Å². The Hall–Kier alpha value is -1.00. The molecule has 0 aromatic rings. The minimum atomic E-state index is -0.887. The normalized spacial score (nSPS) is 27.2. The van der Waals surface area contributed by atoms with E-state index in [9.17, 15) is 9.59 Å². The largest absolute Gasteiger partial charge is 0.453 e. The smallest absolute Gasteiger partial charge is 0.370 e. The number of halogens is 1. The van der Waals surface area contributed by atoms with E-state index in [4.69, 9.17) is 14.2 Å². The molecule has 1 rings (SSSR count). The van der Waals surface area contributed by atoms with Crippen LogP contribution in [0.25, 0.3) is 0 Å². The molecule has 5 nitrogen and oxygen atoms in total. The van der Waals surface area contributed by atoms with Gasteiger partial charge < -0.3 is 14.2 Å². The van der Waals surface area contributed by atoms with Crippen molar-refractivity contribution in [3.8, 4) is 0 Å². The molecule has 0 aromatic carbocycles. The van der Waals surface area contributed by atoms with Crippen LogP contribution in [0.15, 0.2) is 5.95 Å². The molecule has 0 saturated carbocycles. The molecule has 96 valence electrons. The predicted octanol–water partition coefficient (Wildman–Crippen LogP) is 1.57. The van der Waals surface area contributed by atoms with E-state index >= 15 is 0 Å². The van der Waals surface area contributed by atoms with Gasteiger partial charge in [-0.2, -0.15) is 0 Å². The van der Waals surface area contributed by atoms with Gasteiger partial charge in [0.2, 0.25) is 5.94 Å². The average Bonchev–Trinajstić information content (AvgIpc) is 2.29. The van der Waals surface area contributed by atoms with Crippen LogP contribution in [0.5, 0.6) is 0 Å². The first-order valence-electron chi connectivity index (χ1n) is 5.26. The van der Waals surface area contributed by atoms with Crippen molar-refractivity contribution in [2.75, 3.05) is 13.2 Å². The van der Waals surface area contributed by atoms with E-state index in [2.05, 4.69) is 15.9 Å². The van der Waals surface area contributed by atoms with Crippen LogP contribution >= 0.6 is 15.9 Å². The minimum absolute atomic E-state index is 0.0795. The van der Waals surface area contributed by atoms with E-state index < -0.39 is 9.93 Å². The summed E-state index contributed by atoms with van der Waals surface area (Å²) in [5.74, 6) is 0.929. The van der Waals surface area contributed by atoms with E-state index in [0.717, 1.165) is 0 Å². The highest BCUT2D eigenvalue weighted by atomic mass is 79.9. The van der Waals surface area contributed by atoms with Crippen molar-refractivity contribution < 1.29 is 23.8 Å². The second-order valence-corrected chi connectivity index (χ2v) is 6.11. The van der Waals surface area contributed by atoms with Gasteiger partial charge >= 0.3 is 11.9 Å². The first-order valence-corrected chi connectivity index (χ1v) is 6.05. The van der Waals surface area contributed by atoms with E-state index in [1.54, 1.807) is 13.8 Å². The molecule has 0 bridgehead atoms. The molecule has 0 aromatic heterocycles. The van der Waals surface area contributed by atoms with Crippen LogP contribution in [0.3, 0.4) is 0 Å². The lowest BCUT2D eigenvalue weighted by atomic mass is 10.1. The molecular weight excluding hydrogens is 292 g/mol. The van der Waals surface area contributed by atoms with E-state index in [0.29, 0.717) is 6.42 Å². The van der Waals surface area contributed by atoms with E-state index in [1.165, 1.54) is 5.94 Å². The fourth-order valence-electron chi connectivity index (χ4n) is 1.11. The van der Waals surface area contributed by atoms with Gasteiger partial charge in [-0.05, 0) is 20.3 Å². The van der Waals surface area contributed by atoms with Crippen molar-refractivity contribution >= 4 is 27.8 Å². The lowest BCUT2D eigenvalue weighted by molar-refractivity contribution is -0.189. The second kappa shape index (κ2) is 5.10. The second-order valence-electron chi connectivity index (χ2n) is 4.36. The molecule has 1 unspecified atom stereocenters. The quantitative estimate of drug-likeness (QED) is 0.450. The summed E-state index contributed by atoms with van der Waals surface area (Å²) in [6.07, 6.45) is 0.600. The van der Waals surface area contributed by atoms with Crippen molar-refractivity contribution in [3.63, 3.8) is 0 Å². The molecule has 17 heavy (non-hydrogen) atoms. The molecule has 1 fully saturated rings. The first-order chi connectivity index (χ1) is 7.83. The molecule has 1 saturated heterocycles. The first kappa shape index (κ1) is 14.1. The van der Waals surface area contributed by atoms with Crippen LogP contribution in [0.4, 0.5) is 0 Å². The standard InChI is InChI=1S/C11H15BrO5/c1-4-11(3,12)9(14)17-10(2)6-15-8(5-13)16-7-10/h4,6-7H2,1-3H3. The molecule has 0 N–H and O–H groups in total. The molecule has 0 radical (unpaired) electrons. The Balaban J connectivity index is 2.63. The average molecular weight is 307 g/mol. The van der Waals surface area contributed by atoms with Crippen molar-refractivity contribution in [1.82, 2.24) is 0 Å². The molecule has 1 heterocycles. The van der Waals surface area contributed by atoms with Crippen molar-refractivity contribution in [2.45, 2.75) is 37.1 Å². The van der Waals surface area contributed by atoms with Gasteiger partial charge in [0, 0.05) is 0 Å². The summed E-state index contributed by atoms with van der Waals surface area (Å²) >= 11 is 3.30. The lowest BCUT2D eigenvalue weighted by Crippen LogP contribution is -2.47. The van der Waals surface area contributed by atoms with Crippen LogP contribution in [-0.4, -0.2) is 35.0 Å². The Labute approximate surface area is 108 Å². The number of esters is 1. The maximum absolute atomic E-state index is 11.9. The van der Waals surface area contributed by atoms with E-state index in [-0.39, 0.29) is 25.1 Å². The van der Waals surface area contributed by atoms with Gasteiger partial charge in [-0.25, -0.2) is 4.79 Å². The maximum atomic E-state index is 11.9. The van der Waals surface area contributed by atoms with Gasteiger partial charge in [0.1, 0.15) is 17.5 Å². The third kappa shape index (κ3) is 3.48. The Kier molecular flexibility index (Phi) is 4.22. The van der Waals surface area contributed by atoms with Gasteiger partial charge in [-0.1, -0.05) is 22.9 Å². The summed E-state index contributed by atoms with van der Waals surface area (Å²) < 4.78 is 14.6. The van der Waals surface area contributed by atoms with Crippen LogP contribution < -0.4 is 0 Å². The molecule has 6 heteroatoms. The van der Waals surface area contributed by atoms with Gasteiger partial charge in [0.05, 0.1) is 0 Å². The fraction of sp³-hybridized carbons (Fsp3) is 0.727. The highest BCUT2D eigenvalue weighted by Crippen LogP contribution is 2.28. The Morgan fingerprint density at radius 2 is 2.12 bits per heavy atom. The number of hydrogen-bond acceptors (Lipinski definition) is 5. The number of rotatable bonds is 3. The molecule has 1 atom stereocenters. The SMILES string of the molecule is CCC(C)(Br)C(=O)OC1(C)COC(=C=O)OC1. The summed E-state index contributed by atoms with van der Waals surface area (Å²) in [7, 11) is 0. The summed E-state index contributed by atoms with van der Waals surface area (Å²) in [4.78, 5) is 22.1. The third-order valence-corrected chi connectivity index (χ3v) is 3.41. The Morgan fingerprint density at radius 1 is 1.59 bits per heavy atom.